The van der Waals surface area contributed by atoms with Gasteiger partial charge in [-0.05, 0) is 47.7 Å². The van der Waals surface area contributed by atoms with Crippen LogP contribution in [0, 0.1) is 0 Å². The molecule has 1 saturated carbocycles. The predicted octanol–water partition coefficient (Wildman–Crippen LogP) is 3.96. The van der Waals surface area contributed by atoms with Gasteiger partial charge in [0.2, 0.25) is 0 Å². The number of hydrogen-bond acceptors (Lipinski definition) is 3. The van der Waals surface area contributed by atoms with Crippen LogP contribution >= 0.6 is 15.9 Å². The Hall–Kier alpha value is -2.15. The van der Waals surface area contributed by atoms with E-state index in [2.05, 4.69) is 26.1 Å². The summed E-state index contributed by atoms with van der Waals surface area (Å²) in [5.74, 6) is 3.00. The van der Waals surface area contributed by atoms with Crippen molar-refractivity contribution in [3.05, 3.63) is 46.1 Å². The molecule has 0 bridgehead atoms. The Morgan fingerprint density at radius 1 is 1.15 bits per heavy atom. The SMILES string of the molecule is Cn1c(C(=O)N2CCC(c3nc(C4CC4)n[nH]3)CC2)c(Br)c2ccccc21. The van der Waals surface area contributed by atoms with Crippen LogP contribution in [0.5, 0.6) is 0 Å². The molecular weight excluding hydrogens is 406 g/mol. The van der Waals surface area contributed by atoms with Crippen molar-refractivity contribution in [2.75, 3.05) is 13.1 Å². The van der Waals surface area contributed by atoms with Crippen LogP contribution in [0.2, 0.25) is 0 Å². The summed E-state index contributed by atoms with van der Waals surface area (Å²) < 4.78 is 2.88. The van der Waals surface area contributed by atoms with E-state index in [-0.39, 0.29) is 5.91 Å². The van der Waals surface area contributed by atoms with Crippen LogP contribution in [0.3, 0.4) is 0 Å². The lowest BCUT2D eigenvalue weighted by Crippen LogP contribution is -2.39. The minimum absolute atomic E-state index is 0.0928. The number of amides is 1. The average Bonchev–Trinajstić information content (AvgIpc) is 3.38. The maximum absolute atomic E-state index is 13.2. The fraction of sp³-hybridized carbons (Fsp3) is 0.450. The molecule has 6 nitrogen and oxygen atoms in total. The molecule has 2 fully saturated rings. The second kappa shape index (κ2) is 6.48. The number of nitrogens with one attached hydrogen (secondary N) is 1. The fourth-order valence-electron chi connectivity index (χ4n) is 4.08. The zero-order valence-electron chi connectivity index (χ0n) is 15.3. The molecule has 0 spiro atoms. The number of aryl methyl sites for hydroxylation is 1. The van der Waals surface area contributed by atoms with Gasteiger partial charge in [0.15, 0.2) is 5.82 Å². The third kappa shape index (κ3) is 2.88. The maximum Gasteiger partial charge on any atom is 0.271 e. The maximum atomic E-state index is 13.2. The monoisotopic (exact) mass is 427 g/mol. The van der Waals surface area contributed by atoms with Crippen molar-refractivity contribution in [2.45, 2.75) is 37.5 Å². The van der Waals surface area contributed by atoms with Crippen LogP contribution in [0.1, 0.15) is 59.7 Å². The molecule has 27 heavy (non-hydrogen) atoms. The van der Waals surface area contributed by atoms with E-state index in [9.17, 15) is 4.79 Å². The molecule has 1 amide bonds. The van der Waals surface area contributed by atoms with Gasteiger partial charge in [-0.15, -0.1) is 0 Å². The molecule has 2 aliphatic rings. The molecule has 1 aliphatic heterocycles. The quantitative estimate of drug-likeness (QED) is 0.687. The Labute approximate surface area is 166 Å². The van der Waals surface area contributed by atoms with Gasteiger partial charge in [-0.2, -0.15) is 5.10 Å². The highest BCUT2D eigenvalue weighted by molar-refractivity contribution is 9.10. The van der Waals surface area contributed by atoms with Crippen LogP contribution in [0.4, 0.5) is 0 Å². The van der Waals surface area contributed by atoms with Crippen LogP contribution < -0.4 is 0 Å². The molecule has 140 valence electrons. The van der Waals surface area contributed by atoms with Crippen LogP contribution in [0.25, 0.3) is 10.9 Å². The van der Waals surface area contributed by atoms with Crippen molar-refractivity contribution in [1.82, 2.24) is 24.6 Å². The number of carbonyl (C=O) groups is 1. The summed E-state index contributed by atoms with van der Waals surface area (Å²) in [6, 6.07) is 8.09. The first kappa shape index (κ1) is 17.0. The summed E-state index contributed by atoms with van der Waals surface area (Å²) in [5.41, 5.74) is 1.79. The lowest BCUT2D eigenvalue weighted by atomic mass is 9.96. The van der Waals surface area contributed by atoms with Crippen molar-refractivity contribution >= 4 is 32.7 Å². The molecule has 0 unspecified atom stereocenters. The Morgan fingerprint density at radius 3 is 2.59 bits per heavy atom. The van der Waals surface area contributed by atoms with E-state index in [0.29, 0.717) is 11.8 Å². The van der Waals surface area contributed by atoms with Crippen LogP contribution in [0.15, 0.2) is 28.7 Å². The van der Waals surface area contributed by atoms with Crippen molar-refractivity contribution in [3.63, 3.8) is 0 Å². The Balaban J connectivity index is 1.32. The number of aromatic amines is 1. The van der Waals surface area contributed by atoms with Crippen molar-refractivity contribution in [1.29, 1.82) is 0 Å². The topological polar surface area (TPSA) is 66.8 Å². The number of likely N-dealkylation sites (tertiary alicyclic amines) is 1. The zero-order valence-corrected chi connectivity index (χ0v) is 16.9. The number of benzene rings is 1. The smallest absolute Gasteiger partial charge is 0.271 e. The van der Waals surface area contributed by atoms with Crippen molar-refractivity contribution in [2.24, 2.45) is 7.05 Å². The third-order valence-electron chi connectivity index (χ3n) is 5.88. The Morgan fingerprint density at radius 2 is 1.89 bits per heavy atom. The van der Waals surface area contributed by atoms with Crippen LogP contribution in [-0.4, -0.2) is 43.6 Å². The highest BCUT2D eigenvalue weighted by Gasteiger charge is 2.32. The lowest BCUT2D eigenvalue weighted by Gasteiger charge is -2.31. The summed E-state index contributed by atoms with van der Waals surface area (Å²) in [7, 11) is 1.96. The highest BCUT2D eigenvalue weighted by Crippen LogP contribution is 2.39. The fourth-order valence-corrected chi connectivity index (χ4v) is 4.86. The molecular formula is C20H22BrN5O. The molecule has 1 N–H and O–H groups in total. The number of para-hydroxylation sites is 1. The molecule has 2 aromatic heterocycles. The summed E-state index contributed by atoms with van der Waals surface area (Å²) in [6.45, 7) is 1.49. The number of hydrogen-bond donors (Lipinski definition) is 1. The second-order valence-electron chi connectivity index (χ2n) is 7.66. The number of halogens is 1. The van der Waals surface area contributed by atoms with Gasteiger partial charge in [0.1, 0.15) is 11.5 Å². The van der Waals surface area contributed by atoms with E-state index in [0.717, 1.165) is 58.6 Å². The van der Waals surface area contributed by atoms with Gasteiger partial charge in [-0.3, -0.25) is 9.89 Å². The average molecular weight is 428 g/mol. The molecule has 1 aliphatic carbocycles. The number of carbonyl (C=O) groups excluding carboxylic acids is 1. The van der Waals surface area contributed by atoms with Gasteiger partial charge in [-0.1, -0.05) is 18.2 Å². The summed E-state index contributed by atoms with van der Waals surface area (Å²) in [4.78, 5) is 19.9. The Bertz CT molecular complexity index is 972. The zero-order chi connectivity index (χ0) is 18.5. The van der Waals surface area contributed by atoms with E-state index < -0.39 is 0 Å². The number of rotatable bonds is 3. The third-order valence-corrected chi connectivity index (χ3v) is 6.68. The molecule has 3 aromatic rings. The van der Waals surface area contributed by atoms with Crippen LogP contribution in [-0.2, 0) is 7.05 Å². The second-order valence-corrected chi connectivity index (χ2v) is 8.45. The van der Waals surface area contributed by atoms with Gasteiger partial charge in [0.05, 0.1) is 4.47 Å². The van der Waals surface area contributed by atoms with Gasteiger partial charge in [-0.25, -0.2) is 4.98 Å². The van der Waals surface area contributed by atoms with Crippen molar-refractivity contribution < 1.29 is 4.79 Å². The molecule has 5 rings (SSSR count). The number of piperidine rings is 1. The van der Waals surface area contributed by atoms with Gasteiger partial charge >= 0.3 is 0 Å². The first-order valence-corrected chi connectivity index (χ1v) is 10.4. The number of fused-ring (bicyclic) bond motifs is 1. The standard InChI is InChI=1S/C20H22BrN5O/c1-25-15-5-3-2-4-14(15)16(21)17(25)20(27)26-10-8-13(9-11-26)19-22-18(23-24-19)12-6-7-12/h2-5,12-13H,6-11H2,1H3,(H,22,23,24). The van der Waals surface area contributed by atoms with E-state index >= 15 is 0 Å². The first-order chi connectivity index (χ1) is 13.1. The van der Waals surface area contributed by atoms with E-state index in [1.807, 2.05) is 40.8 Å². The molecule has 1 aromatic carbocycles. The van der Waals surface area contributed by atoms with Crippen molar-refractivity contribution in [3.8, 4) is 0 Å². The minimum Gasteiger partial charge on any atom is -0.339 e. The molecule has 7 heteroatoms. The van der Waals surface area contributed by atoms with Gasteiger partial charge in [0, 0.05) is 42.9 Å². The van der Waals surface area contributed by atoms with Gasteiger partial charge in [0.25, 0.3) is 5.91 Å². The lowest BCUT2D eigenvalue weighted by molar-refractivity contribution is 0.0701. The predicted molar refractivity (Wildman–Crippen MR) is 107 cm³/mol. The Kier molecular flexibility index (Phi) is 4.07. The number of H-pyrrole nitrogens is 1. The normalized spacial score (nSPS) is 18.4. The summed E-state index contributed by atoms with van der Waals surface area (Å²) in [6.07, 6.45) is 4.27. The largest absolute Gasteiger partial charge is 0.339 e. The van der Waals surface area contributed by atoms with E-state index in [1.54, 1.807) is 0 Å². The number of aromatic nitrogens is 4. The summed E-state index contributed by atoms with van der Waals surface area (Å²) >= 11 is 3.65. The van der Waals surface area contributed by atoms with Gasteiger partial charge < -0.3 is 9.47 Å². The summed E-state index contributed by atoms with van der Waals surface area (Å²) in [5, 5.41) is 8.59. The first-order valence-electron chi connectivity index (χ1n) is 9.58. The molecule has 1 saturated heterocycles. The van der Waals surface area contributed by atoms with E-state index in [1.165, 1.54) is 12.8 Å². The molecule has 0 radical (unpaired) electrons. The minimum atomic E-state index is 0.0928. The molecule has 0 atom stereocenters. The number of nitrogens with zero attached hydrogens (tertiary/aromatic N) is 4. The highest BCUT2D eigenvalue weighted by atomic mass is 79.9. The molecule has 3 heterocycles. The van der Waals surface area contributed by atoms with E-state index in [4.69, 9.17) is 4.98 Å².